The van der Waals surface area contributed by atoms with Gasteiger partial charge in [-0.3, -0.25) is 9.59 Å². The molecule has 0 aliphatic carbocycles. The lowest BCUT2D eigenvalue weighted by Gasteiger charge is -2.07. The molecule has 0 bridgehead atoms. The minimum absolute atomic E-state index is 0.122. The summed E-state index contributed by atoms with van der Waals surface area (Å²) in [6.45, 7) is 4.01. The van der Waals surface area contributed by atoms with Gasteiger partial charge in [-0.25, -0.2) is 9.61 Å². The zero-order chi connectivity index (χ0) is 19.7. The fourth-order valence-corrected chi connectivity index (χ4v) is 3.38. The molecule has 142 valence electrons. The number of furan rings is 1. The van der Waals surface area contributed by atoms with Crippen LogP contribution in [0.4, 0.5) is 5.69 Å². The SMILES string of the molecule is Cc1ccc(NC(=O)CSc2n[nH]c(=O)c3cc(-c4ccco4)nn23)cc1C. The number of thioether (sulfide) groups is 1. The number of anilines is 1. The summed E-state index contributed by atoms with van der Waals surface area (Å²) in [6.07, 6.45) is 1.54. The molecular formula is C19H17N5O3S. The van der Waals surface area contributed by atoms with Crippen molar-refractivity contribution in [1.82, 2.24) is 19.8 Å². The van der Waals surface area contributed by atoms with E-state index in [1.54, 1.807) is 18.2 Å². The number of hydrogen-bond acceptors (Lipinski definition) is 6. The molecule has 8 nitrogen and oxygen atoms in total. The van der Waals surface area contributed by atoms with Gasteiger partial charge in [0.15, 0.2) is 5.76 Å². The number of fused-ring (bicyclic) bond motifs is 1. The van der Waals surface area contributed by atoms with E-state index in [2.05, 4.69) is 20.6 Å². The number of nitrogens with zero attached hydrogens (tertiary/aromatic N) is 3. The molecule has 3 aromatic heterocycles. The highest BCUT2D eigenvalue weighted by atomic mass is 32.2. The minimum atomic E-state index is -0.366. The highest BCUT2D eigenvalue weighted by molar-refractivity contribution is 7.99. The first-order valence-electron chi connectivity index (χ1n) is 8.53. The largest absolute Gasteiger partial charge is 0.463 e. The lowest BCUT2D eigenvalue weighted by Crippen LogP contribution is -2.17. The van der Waals surface area contributed by atoms with Gasteiger partial charge in [-0.1, -0.05) is 17.8 Å². The van der Waals surface area contributed by atoms with E-state index in [0.717, 1.165) is 11.3 Å². The Morgan fingerprint density at radius 2 is 2.11 bits per heavy atom. The van der Waals surface area contributed by atoms with Gasteiger partial charge in [0.05, 0.1) is 12.0 Å². The quantitative estimate of drug-likeness (QED) is 0.503. The van der Waals surface area contributed by atoms with Crippen LogP contribution in [0.1, 0.15) is 11.1 Å². The van der Waals surface area contributed by atoms with Crippen LogP contribution in [0.25, 0.3) is 17.0 Å². The highest BCUT2D eigenvalue weighted by Gasteiger charge is 2.15. The summed E-state index contributed by atoms with van der Waals surface area (Å²) in [5.74, 6) is 0.496. The van der Waals surface area contributed by atoms with Crippen molar-refractivity contribution in [2.75, 3.05) is 11.1 Å². The van der Waals surface area contributed by atoms with Gasteiger partial charge in [-0.15, -0.1) is 5.10 Å². The average Bonchev–Trinajstić information content (AvgIpc) is 3.34. The van der Waals surface area contributed by atoms with Gasteiger partial charge in [0.2, 0.25) is 11.1 Å². The Bertz CT molecular complexity index is 1210. The molecule has 0 aliphatic rings. The Morgan fingerprint density at radius 1 is 1.25 bits per heavy atom. The molecule has 0 atom stereocenters. The van der Waals surface area contributed by atoms with Crippen LogP contribution in [0.3, 0.4) is 0 Å². The minimum Gasteiger partial charge on any atom is -0.463 e. The van der Waals surface area contributed by atoms with Gasteiger partial charge in [0.25, 0.3) is 5.56 Å². The number of aromatic nitrogens is 4. The van der Waals surface area contributed by atoms with Crippen LogP contribution in [0.5, 0.6) is 0 Å². The maximum Gasteiger partial charge on any atom is 0.290 e. The topological polar surface area (TPSA) is 105 Å². The smallest absolute Gasteiger partial charge is 0.290 e. The predicted molar refractivity (Wildman–Crippen MR) is 107 cm³/mol. The van der Waals surface area contributed by atoms with Crippen molar-refractivity contribution in [2.45, 2.75) is 19.0 Å². The van der Waals surface area contributed by atoms with E-state index in [1.807, 2.05) is 32.0 Å². The molecule has 28 heavy (non-hydrogen) atoms. The number of carbonyl (C=O) groups excluding carboxylic acids is 1. The summed E-state index contributed by atoms with van der Waals surface area (Å²) < 4.78 is 6.75. The van der Waals surface area contributed by atoms with Gasteiger partial charge in [0, 0.05) is 11.8 Å². The molecule has 4 rings (SSSR count). The average molecular weight is 395 g/mol. The van der Waals surface area contributed by atoms with Crippen LogP contribution >= 0.6 is 11.8 Å². The fourth-order valence-electron chi connectivity index (χ4n) is 2.68. The van der Waals surface area contributed by atoms with Gasteiger partial charge in [-0.05, 0) is 49.2 Å². The summed E-state index contributed by atoms with van der Waals surface area (Å²) in [7, 11) is 0. The van der Waals surface area contributed by atoms with Crippen molar-refractivity contribution in [3.63, 3.8) is 0 Å². The molecule has 0 unspecified atom stereocenters. The molecule has 0 fully saturated rings. The Kier molecular flexibility index (Phi) is 4.74. The van der Waals surface area contributed by atoms with Crippen LogP contribution < -0.4 is 10.9 Å². The molecule has 4 aromatic rings. The molecule has 3 heterocycles. The van der Waals surface area contributed by atoms with E-state index in [0.29, 0.717) is 22.1 Å². The van der Waals surface area contributed by atoms with E-state index >= 15 is 0 Å². The van der Waals surface area contributed by atoms with Crippen molar-refractivity contribution in [3.8, 4) is 11.5 Å². The Hall–Kier alpha value is -3.33. The number of aromatic amines is 1. The molecule has 2 N–H and O–H groups in total. The first kappa shape index (κ1) is 18.1. The Morgan fingerprint density at radius 3 is 2.86 bits per heavy atom. The maximum absolute atomic E-state index is 12.3. The summed E-state index contributed by atoms with van der Waals surface area (Å²) in [4.78, 5) is 24.4. The summed E-state index contributed by atoms with van der Waals surface area (Å²) in [6, 6.07) is 10.9. The number of benzene rings is 1. The molecule has 0 saturated carbocycles. The molecule has 0 radical (unpaired) electrons. The van der Waals surface area contributed by atoms with Crippen molar-refractivity contribution >= 4 is 28.9 Å². The van der Waals surface area contributed by atoms with Crippen LogP contribution in [0.15, 0.2) is 57.0 Å². The number of aryl methyl sites for hydroxylation is 2. The molecule has 9 heteroatoms. The van der Waals surface area contributed by atoms with Crippen molar-refractivity contribution in [2.24, 2.45) is 0 Å². The van der Waals surface area contributed by atoms with E-state index < -0.39 is 0 Å². The van der Waals surface area contributed by atoms with Crippen LogP contribution in [0.2, 0.25) is 0 Å². The molecule has 0 spiro atoms. The summed E-state index contributed by atoms with van der Waals surface area (Å²) in [5, 5.41) is 14.1. The molecule has 1 amide bonds. The van der Waals surface area contributed by atoms with Crippen molar-refractivity contribution < 1.29 is 9.21 Å². The van der Waals surface area contributed by atoms with Crippen LogP contribution in [0, 0.1) is 13.8 Å². The lowest BCUT2D eigenvalue weighted by molar-refractivity contribution is -0.113. The Labute approximate surface area is 164 Å². The fraction of sp³-hybridized carbons (Fsp3) is 0.158. The number of amides is 1. The third-order valence-electron chi connectivity index (χ3n) is 4.27. The number of carbonyl (C=O) groups is 1. The molecule has 1 aromatic carbocycles. The van der Waals surface area contributed by atoms with Gasteiger partial charge >= 0.3 is 0 Å². The monoisotopic (exact) mass is 395 g/mol. The van der Waals surface area contributed by atoms with Gasteiger partial charge < -0.3 is 9.73 Å². The number of H-pyrrole nitrogens is 1. The second-order valence-corrected chi connectivity index (χ2v) is 7.22. The van der Waals surface area contributed by atoms with Gasteiger partial charge in [0.1, 0.15) is 11.2 Å². The van der Waals surface area contributed by atoms with E-state index in [9.17, 15) is 9.59 Å². The molecule has 0 aliphatic heterocycles. The number of rotatable bonds is 5. The zero-order valence-corrected chi connectivity index (χ0v) is 16.0. The molecule has 0 saturated heterocycles. The Balaban J connectivity index is 1.53. The molecular weight excluding hydrogens is 378 g/mol. The third kappa shape index (κ3) is 3.56. The summed E-state index contributed by atoms with van der Waals surface area (Å²) in [5.41, 5.74) is 3.50. The van der Waals surface area contributed by atoms with E-state index in [-0.39, 0.29) is 17.2 Å². The third-order valence-corrected chi connectivity index (χ3v) is 5.20. The van der Waals surface area contributed by atoms with Crippen LogP contribution in [-0.4, -0.2) is 31.5 Å². The zero-order valence-electron chi connectivity index (χ0n) is 15.2. The van der Waals surface area contributed by atoms with Crippen LogP contribution in [-0.2, 0) is 4.79 Å². The standard InChI is InChI=1S/C19H17N5O3S/c1-11-5-6-13(8-12(11)2)20-17(25)10-28-19-22-21-18(26)15-9-14(23-24(15)19)16-4-3-7-27-16/h3-9H,10H2,1-2H3,(H,20,25)(H,21,26). The first-order valence-corrected chi connectivity index (χ1v) is 9.52. The lowest BCUT2D eigenvalue weighted by atomic mass is 10.1. The second kappa shape index (κ2) is 7.35. The van der Waals surface area contributed by atoms with Crippen molar-refractivity contribution in [1.29, 1.82) is 0 Å². The van der Waals surface area contributed by atoms with E-state index in [1.165, 1.54) is 28.1 Å². The van der Waals surface area contributed by atoms with Gasteiger partial charge in [-0.2, -0.15) is 5.10 Å². The second-order valence-electron chi connectivity index (χ2n) is 6.28. The maximum atomic E-state index is 12.3. The first-order chi connectivity index (χ1) is 13.5. The highest BCUT2D eigenvalue weighted by Crippen LogP contribution is 2.22. The van der Waals surface area contributed by atoms with Crippen molar-refractivity contribution in [3.05, 3.63) is 64.1 Å². The van der Waals surface area contributed by atoms with E-state index in [4.69, 9.17) is 4.42 Å². The summed E-state index contributed by atoms with van der Waals surface area (Å²) >= 11 is 1.18. The number of nitrogens with one attached hydrogen (secondary N) is 2. The predicted octanol–water partition coefficient (Wildman–Crippen LogP) is 3.03. The normalized spacial score (nSPS) is 11.1. The number of hydrogen-bond donors (Lipinski definition) is 2.